The van der Waals surface area contributed by atoms with Gasteiger partial charge in [0, 0.05) is 45.0 Å². The zero-order valence-corrected chi connectivity index (χ0v) is 19.3. The predicted octanol–water partition coefficient (Wildman–Crippen LogP) is 4.26. The molecule has 3 heterocycles. The number of fused-ring (bicyclic) bond motifs is 1. The number of amides is 1. The molecule has 1 aliphatic heterocycles. The summed E-state index contributed by atoms with van der Waals surface area (Å²) < 4.78 is 13.2. The Hall–Kier alpha value is -2.74. The van der Waals surface area contributed by atoms with Crippen LogP contribution in [0.2, 0.25) is 0 Å². The van der Waals surface area contributed by atoms with E-state index in [1.807, 2.05) is 18.7 Å². The summed E-state index contributed by atoms with van der Waals surface area (Å²) in [6.07, 6.45) is 0. The quantitative estimate of drug-likeness (QED) is 0.592. The van der Waals surface area contributed by atoms with Crippen LogP contribution in [0, 0.1) is 19.7 Å². The normalized spacial score (nSPS) is 14.4. The van der Waals surface area contributed by atoms with E-state index in [1.54, 1.807) is 12.1 Å². The summed E-state index contributed by atoms with van der Waals surface area (Å²) >= 11 is 1.47. The van der Waals surface area contributed by atoms with Gasteiger partial charge in [-0.1, -0.05) is 0 Å². The Balaban J connectivity index is 1.58. The lowest BCUT2D eigenvalue weighted by Gasteiger charge is -2.36. The third-order valence-corrected chi connectivity index (χ3v) is 7.07. The molecule has 6 nitrogen and oxygen atoms in total. The largest absolute Gasteiger partial charge is 0.368 e. The Labute approximate surface area is 186 Å². The highest BCUT2D eigenvalue weighted by atomic mass is 32.1. The summed E-state index contributed by atoms with van der Waals surface area (Å²) in [6.45, 7) is 12.6. The van der Waals surface area contributed by atoms with Gasteiger partial charge < -0.3 is 14.7 Å². The number of rotatable bonds is 5. The zero-order chi connectivity index (χ0) is 22.1. The Morgan fingerprint density at radius 1 is 1.06 bits per heavy atom. The number of hydrogen-bond acceptors (Lipinski definition) is 6. The number of thiophene rings is 1. The number of halogens is 1. The molecular formula is C23H28FN5OS. The van der Waals surface area contributed by atoms with Gasteiger partial charge in [-0.3, -0.25) is 4.79 Å². The number of carbonyl (C=O) groups excluding carboxylic acids is 1. The maximum atomic E-state index is 13.4. The van der Waals surface area contributed by atoms with Crippen molar-refractivity contribution in [1.29, 1.82) is 0 Å². The molecule has 8 heteroatoms. The van der Waals surface area contributed by atoms with Gasteiger partial charge in [-0.15, -0.1) is 11.3 Å². The van der Waals surface area contributed by atoms with Crippen LogP contribution in [0.5, 0.6) is 0 Å². The lowest BCUT2D eigenvalue weighted by molar-refractivity contribution is 0.0751. The van der Waals surface area contributed by atoms with E-state index in [1.165, 1.54) is 23.5 Å². The van der Waals surface area contributed by atoms with E-state index in [4.69, 9.17) is 4.98 Å². The van der Waals surface area contributed by atoms with E-state index < -0.39 is 0 Å². The first-order chi connectivity index (χ1) is 14.9. The van der Waals surface area contributed by atoms with Crippen LogP contribution in [0.1, 0.15) is 34.9 Å². The molecule has 4 rings (SSSR count). The van der Waals surface area contributed by atoms with E-state index in [0.717, 1.165) is 64.2 Å². The van der Waals surface area contributed by atoms with Crippen LogP contribution in [0.3, 0.4) is 0 Å². The van der Waals surface area contributed by atoms with Crippen molar-refractivity contribution < 1.29 is 9.18 Å². The van der Waals surface area contributed by atoms with Crippen molar-refractivity contribution >= 4 is 39.0 Å². The number of nitrogens with zero attached hydrogens (tertiary/aromatic N) is 5. The van der Waals surface area contributed by atoms with Gasteiger partial charge in [0.15, 0.2) is 0 Å². The van der Waals surface area contributed by atoms with Crippen molar-refractivity contribution in [2.75, 3.05) is 49.1 Å². The van der Waals surface area contributed by atoms with Crippen LogP contribution >= 0.6 is 11.3 Å². The fraction of sp³-hybridized carbons (Fsp3) is 0.435. The molecule has 2 aromatic heterocycles. The third-order valence-electron chi connectivity index (χ3n) is 5.90. The van der Waals surface area contributed by atoms with Gasteiger partial charge in [0.25, 0.3) is 5.91 Å². The number of anilines is 2. The summed E-state index contributed by atoms with van der Waals surface area (Å²) in [4.78, 5) is 30.7. The second kappa shape index (κ2) is 8.78. The first-order valence-electron chi connectivity index (χ1n) is 10.7. The fourth-order valence-corrected chi connectivity index (χ4v) is 5.33. The average molecular weight is 442 g/mol. The highest BCUT2D eigenvalue weighted by molar-refractivity contribution is 7.20. The van der Waals surface area contributed by atoms with Gasteiger partial charge in [0.1, 0.15) is 22.3 Å². The van der Waals surface area contributed by atoms with Gasteiger partial charge in [-0.05, 0) is 57.5 Å². The number of hydrogen-bond donors (Lipinski definition) is 0. The molecule has 1 aliphatic rings. The van der Waals surface area contributed by atoms with Crippen LogP contribution in [0.4, 0.5) is 15.9 Å². The van der Waals surface area contributed by atoms with Crippen LogP contribution < -0.4 is 9.80 Å². The van der Waals surface area contributed by atoms with Crippen molar-refractivity contribution in [2.24, 2.45) is 0 Å². The lowest BCUT2D eigenvalue weighted by Crippen LogP contribution is -2.48. The number of aromatic nitrogens is 2. The fourth-order valence-electron chi connectivity index (χ4n) is 4.14. The first-order valence-corrected chi connectivity index (χ1v) is 11.6. The number of benzene rings is 1. The topological polar surface area (TPSA) is 52.6 Å². The average Bonchev–Trinajstić information content (AvgIpc) is 3.10. The summed E-state index contributed by atoms with van der Waals surface area (Å²) in [6, 6.07) is 6.53. The summed E-state index contributed by atoms with van der Waals surface area (Å²) in [5.74, 6) is 1.46. The highest BCUT2D eigenvalue weighted by Crippen LogP contribution is 2.36. The minimum absolute atomic E-state index is 0.0578. The van der Waals surface area contributed by atoms with Gasteiger partial charge in [-0.25, -0.2) is 14.4 Å². The molecule has 164 valence electrons. The van der Waals surface area contributed by atoms with Crippen LogP contribution in [0.15, 0.2) is 24.3 Å². The Morgan fingerprint density at radius 2 is 1.71 bits per heavy atom. The third kappa shape index (κ3) is 4.08. The maximum absolute atomic E-state index is 13.4. The molecule has 0 saturated carbocycles. The molecule has 0 unspecified atom stereocenters. The van der Waals surface area contributed by atoms with E-state index >= 15 is 0 Å². The smallest absolute Gasteiger partial charge is 0.264 e. The summed E-state index contributed by atoms with van der Waals surface area (Å²) in [5, 5.41) is 0.993. The van der Waals surface area contributed by atoms with Crippen molar-refractivity contribution in [3.63, 3.8) is 0 Å². The molecule has 31 heavy (non-hydrogen) atoms. The van der Waals surface area contributed by atoms with E-state index in [2.05, 4.69) is 28.6 Å². The molecule has 3 aromatic rings. The lowest BCUT2D eigenvalue weighted by atomic mass is 10.1. The molecule has 0 spiro atoms. The summed E-state index contributed by atoms with van der Waals surface area (Å²) in [7, 11) is 0. The molecule has 0 aliphatic carbocycles. The molecule has 0 radical (unpaired) electrons. The van der Waals surface area contributed by atoms with E-state index in [-0.39, 0.29) is 11.7 Å². The maximum Gasteiger partial charge on any atom is 0.264 e. The van der Waals surface area contributed by atoms with Crippen molar-refractivity contribution in [2.45, 2.75) is 27.7 Å². The van der Waals surface area contributed by atoms with Crippen LogP contribution in [-0.4, -0.2) is 60.0 Å². The Morgan fingerprint density at radius 3 is 2.32 bits per heavy atom. The molecule has 1 aromatic carbocycles. The standard InChI is InChI=1S/C23H28FN5OS/c1-5-27(6-2)21-19-15(3)20(31-22(19)26-16(4)25-21)23(30)29-13-11-28(12-14-29)18-9-7-17(24)8-10-18/h7-10H,5-6,11-14H2,1-4H3. The molecular weight excluding hydrogens is 413 g/mol. The van der Waals surface area contributed by atoms with Gasteiger partial charge >= 0.3 is 0 Å². The summed E-state index contributed by atoms with van der Waals surface area (Å²) in [5.41, 5.74) is 1.95. The minimum atomic E-state index is -0.236. The predicted molar refractivity (Wildman–Crippen MR) is 125 cm³/mol. The van der Waals surface area contributed by atoms with Crippen LogP contribution in [0.25, 0.3) is 10.2 Å². The minimum Gasteiger partial charge on any atom is -0.368 e. The molecule has 0 atom stereocenters. The molecule has 1 amide bonds. The Kier molecular flexibility index (Phi) is 6.09. The molecule has 0 bridgehead atoms. The number of piperazine rings is 1. The zero-order valence-electron chi connectivity index (χ0n) is 18.5. The second-order valence-corrected chi connectivity index (χ2v) is 8.76. The van der Waals surface area contributed by atoms with Crippen molar-refractivity contribution in [1.82, 2.24) is 14.9 Å². The SMILES string of the molecule is CCN(CC)c1nc(C)nc2sc(C(=O)N3CCN(c4ccc(F)cc4)CC3)c(C)c12. The second-order valence-electron chi connectivity index (χ2n) is 7.76. The van der Waals surface area contributed by atoms with E-state index in [9.17, 15) is 9.18 Å². The van der Waals surface area contributed by atoms with E-state index in [0.29, 0.717) is 13.1 Å². The van der Waals surface area contributed by atoms with Crippen molar-refractivity contribution in [3.05, 3.63) is 46.3 Å². The number of aryl methyl sites for hydroxylation is 2. The van der Waals surface area contributed by atoms with Crippen molar-refractivity contribution in [3.8, 4) is 0 Å². The first kappa shape index (κ1) is 21.5. The molecule has 0 N–H and O–H groups in total. The monoisotopic (exact) mass is 441 g/mol. The van der Waals surface area contributed by atoms with Gasteiger partial charge in [0.2, 0.25) is 0 Å². The van der Waals surface area contributed by atoms with Crippen LogP contribution in [-0.2, 0) is 0 Å². The molecule has 1 fully saturated rings. The van der Waals surface area contributed by atoms with Gasteiger partial charge in [-0.2, -0.15) is 0 Å². The number of carbonyl (C=O) groups is 1. The highest BCUT2D eigenvalue weighted by Gasteiger charge is 2.27. The molecule has 1 saturated heterocycles. The van der Waals surface area contributed by atoms with Gasteiger partial charge in [0.05, 0.1) is 10.3 Å². The Bertz CT molecular complexity index is 1090.